The van der Waals surface area contributed by atoms with Gasteiger partial charge in [-0.1, -0.05) is 6.92 Å². The SMILES string of the molecule is CCCOC(=O)Nc1nc(=O)n([C@H]2C[C@H](O)[C@@H](CO)O2)cc1F. The fraction of sp³-hybridized carbons (Fsp3) is 0.615. The smallest absolute Gasteiger partial charge is 0.412 e. The number of carbonyl (C=O) groups is 1. The highest BCUT2D eigenvalue weighted by Crippen LogP contribution is 2.27. The fourth-order valence-corrected chi connectivity index (χ4v) is 2.12. The number of aromatic nitrogens is 2. The number of nitrogens with one attached hydrogen (secondary N) is 1. The van der Waals surface area contributed by atoms with Crippen LogP contribution in [0.25, 0.3) is 0 Å². The zero-order valence-corrected chi connectivity index (χ0v) is 12.4. The van der Waals surface area contributed by atoms with Gasteiger partial charge in [0.05, 0.1) is 25.5 Å². The number of aliphatic hydroxyl groups is 2. The standard InChI is InChI=1S/C13H18FN3O6/c1-2-3-22-13(21)16-11-7(14)5-17(12(20)15-11)10-4-8(19)9(6-18)23-10/h5,8-10,18-19H,2-4,6H2,1H3,(H,15,16,20,21)/t8-,9+,10+/m0/s1. The Balaban J connectivity index is 2.15. The summed E-state index contributed by atoms with van der Waals surface area (Å²) in [5, 5.41) is 20.7. The van der Waals surface area contributed by atoms with Crippen molar-refractivity contribution in [1.82, 2.24) is 9.55 Å². The van der Waals surface area contributed by atoms with Crippen LogP contribution in [0.5, 0.6) is 0 Å². The molecule has 1 aliphatic heterocycles. The van der Waals surface area contributed by atoms with Crippen LogP contribution in [0, 0.1) is 5.82 Å². The molecule has 10 heteroatoms. The molecule has 1 aromatic heterocycles. The number of rotatable bonds is 5. The Morgan fingerprint density at radius 2 is 2.39 bits per heavy atom. The van der Waals surface area contributed by atoms with Crippen molar-refractivity contribution in [2.45, 2.75) is 38.2 Å². The van der Waals surface area contributed by atoms with E-state index < -0.39 is 48.5 Å². The maximum absolute atomic E-state index is 14.0. The minimum absolute atomic E-state index is 0.0115. The molecule has 23 heavy (non-hydrogen) atoms. The van der Waals surface area contributed by atoms with Crippen LogP contribution in [0.1, 0.15) is 26.0 Å². The van der Waals surface area contributed by atoms with Gasteiger partial charge in [0, 0.05) is 6.42 Å². The Labute approximate surface area is 130 Å². The van der Waals surface area contributed by atoms with Gasteiger partial charge in [0.1, 0.15) is 12.3 Å². The van der Waals surface area contributed by atoms with Gasteiger partial charge in [-0.25, -0.2) is 14.0 Å². The minimum atomic E-state index is -0.971. The van der Waals surface area contributed by atoms with Crippen LogP contribution in [-0.2, 0) is 9.47 Å². The number of ether oxygens (including phenoxy) is 2. The number of halogens is 1. The molecule has 9 nitrogen and oxygen atoms in total. The first-order valence-corrected chi connectivity index (χ1v) is 7.13. The molecular formula is C13H18FN3O6. The second-order valence-electron chi connectivity index (χ2n) is 5.00. The van der Waals surface area contributed by atoms with Crippen LogP contribution in [-0.4, -0.2) is 51.3 Å². The van der Waals surface area contributed by atoms with Gasteiger partial charge >= 0.3 is 11.8 Å². The van der Waals surface area contributed by atoms with Crippen molar-refractivity contribution in [3.63, 3.8) is 0 Å². The van der Waals surface area contributed by atoms with Gasteiger partial charge < -0.3 is 19.7 Å². The minimum Gasteiger partial charge on any atom is -0.449 e. The highest BCUT2D eigenvalue weighted by Gasteiger charge is 2.35. The predicted molar refractivity (Wildman–Crippen MR) is 75.3 cm³/mol. The van der Waals surface area contributed by atoms with Crippen molar-refractivity contribution in [3.8, 4) is 0 Å². The largest absolute Gasteiger partial charge is 0.449 e. The van der Waals surface area contributed by atoms with Gasteiger partial charge in [-0.3, -0.25) is 9.88 Å². The maximum atomic E-state index is 14.0. The monoisotopic (exact) mass is 331 g/mol. The third-order valence-corrected chi connectivity index (χ3v) is 3.26. The molecule has 1 saturated heterocycles. The third-order valence-electron chi connectivity index (χ3n) is 3.26. The quantitative estimate of drug-likeness (QED) is 0.693. The average Bonchev–Trinajstić information content (AvgIpc) is 2.89. The fourth-order valence-electron chi connectivity index (χ4n) is 2.12. The second kappa shape index (κ2) is 7.49. The molecule has 128 valence electrons. The second-order valence-corrected chi connectivity index (χ2v) is 5.00. The number of carbonyl (C=O) groups excluding carboxylic acids is 1. The maximum Gasteiger partial charge on any atom is 0.412 e. The summed E-state index contributed by atoms with van der Waals surface area (Å²) in [7, 11) is 0. The Bertz CT molecular complexity index is 622. The molecule has 2 rings (SSSR count). The summed E-state index contributed by atoms with van der Waals surface area (Å²) >= 11 is 0. The molecule has 1 amide bonds. The van der Waals surface area contributed by atoms with Crippen LogP contribution in [0.2, 0.25) is 0 Å². The first-order chi connectivity index (χ1) is 11.0. The summed E-state index contributed by atoms with van der Waals surface area (Å²) in [6.07, 6.45) is -2.25. The van der Waals surface area contributed by atoms with E-state index in [0.29, 0.717) is 6.42 Å². The Morgan fingerprint density at radius 3 is 3.00 bits per heavy atom. The van der Waals surface area contributed by atoms with E-state index in [-0.39, 0.29) is 13.0 Å². The van der Waals surface area contributed by atoms with Gasteiger partial charge in [-0.05, 0) is 6.42 Å². The number of amides is 1. The number of hydrogen-bond donors (Lipinski definition) is 3. The molecule has 3 atom stereocenters. The van der Waals surface area contributed by atoms with E-state index >= 15 is 0 Å². The average molecular weight is 331 g/mol. The van der Waals surface area contributed by atoms with Crippen LogP contribution < -0.4 is 11.0 Å². The lowest BCUT2D eigenvalue weighted by molar-refractivity contribution is -0.0461. The molecular weight excluding hydrogens is 313 g/mol. The molecule has 0 spiro atoms. The van der Waals surface area contributed by atoms with Crippen molar-refractivity contribution >= 4 is 11.9 Å². The van der Waals surface area contributed by atoms with E-state index in [0.717, 1.165) is 10.8 Å². The number of anilines is 1. The molecule has 0 saturated carbocycles. The lowest BCUT2D eigenvalue weighted by Crippen LogP contribution is -2.30. The highest BCUT2D eigenvalue weighted by atomic mass is 19.1. The van der Waals surface area contributed by atoms with Gasteiger partial charge in [0.2, 0.25) is 0 Å². The van der Waals surface area contributed by atoms with Crippen LogP contribution in [0.3, 0.4) is 0 Å². The van der Waals surface area contributed by atoms with Crippen molar-refractivity contribution in [3.05, 3.63) is 22.5 Å². The van der Waals surface area contributed by atoms with Gasteiger partial charge in [-0.15, -0.1) is 0 Å². The number of aliphatic hydroxyl groups excluding tert-OH is 2. The highest BCUT2D eigenvalue weighted by molar-refractivity contribution is 5.83. The zero-order chi connectivity index (χ0) is 17.0. The third kappa shape index (κ3) is 4.03. The Hall–Kier alpha value is -2.04. The molecule has 0 bridgehead atoms. The van der Waals surface area contributed by atoms with E-state index in [9.17, 15) is 19.1 Å². The van der Waals surface area contributed by atoms with E-state index in [1.165, 1.54) is 0 Å². The molecule has 0 radical (unpaired) electrons. The van der Waals surface area contributed by atoms with Crippen LogP contribution in [0.4, 0.5) is 15.0 Å². The Morgan fingerprint density at radius 1 is 1.65 bits per heavy atom. The summed E-state index contributed by atoms with van der Waals surface area (Å²) in [4.78, 5) is 26.7. The summed E-state index contributed by atoms with van der Waals surface area (Å²) in [5.74, 6) is -1.51. The van der Waals surface area contributed by atoms with Crippen LogP contribution in [0.15, 0.2) is 11.0 Å². The van der Waals surface area contributed by atoms with E-state index in [2.05, 4.69) is 4.98 Å². The van der Waals surface area contributed by atoms with Crippen molar-refractivity contribution in [1.29, 1.82) is 0 Å². The van der Waals surface area contributed by atoms with E-state index in [4.69, 9.17) is 14.6 Å². The molecule has 1 aromatic rings. The molecule has 0 aromatic carbocycles. The molecule has 0 aliphatic carbocycles. The first-order valence-electron chi connectivity index (χ1n) is 7.13. The van der Waals surface area contributed by atoms with E-state index in [1.807, 2.05) is 5.32 Å². The lowest BCUT2D eigenvalue weighted by Gasteiger charge is -2.15. The van der Waals surface area contributed by atoms with Crippen molar-refractivity contribution in [2.75, 3.05) is 18.5 Å². The Kier molecular flexibility index (Phi) is 5.64. The summed E-state index contributed by atoms with van der Waals surface area (Å²) < 4.78 is 24.8. The van der Waals surface area contributed by atoms with Crippen molar-refractivity contribution in [2.24, 2.45) is 0 Å². The molecule has 1 aliphatic rings. The summed E-state index contributed by atoms with van der Waals surface area (Å²) in [6, 6.07) is 0. The zero-order valence-electron chi connectivity index (χ0n) is 12.4. The van der Waals surface area contributed by atoms with Gasteiger partial charge in [0.25, 0.3) is 0 Å². The number of hydrogen-bond acceptors (Lipinski definition) is 7. The van der Waals surface area contributed by atoms with Gasteiger partial charge in [-0.2, -0.15) is 4.98 Å². The molecule has 0 unspecified atom stereocenters. The van der Waals surface area contributed by atoms with Crippen LogP contribution >= 0.6 is 0 Å². The first kappa shape index (κ1) is 17.3. The molecule has 3 N–H and O–H groups in total. The van der Waals surface area contributed by atoms with Crippen molar-refractivity contribution < 1.29 is 28.9 Å². The van der Waals surface area contributed by atoms with E-state index in [1.54, 1.807) is 6.92 Å². The number of nitrogens with zero attached hydrogens (tertiary/aromatic N) is 2. The molecule has 1 fully saturated rings. The lowest BCUT2D eigenvalue weighted by atomic mass is 10.2. The van der Waals surface area contributed by atoms with Gasteiger partial charge in [0.15, 0.2) is 11.6 Å². The predicted octanol–water partition coefficient (Wildman–Crippen LogP) is -0.0184. The normalized spacial score (nSPS) is 23.7. The summed E-state index contributed by atoms with van der Waals surface area (Å²) in [5.41, 5.74) is -0.868. The molecule has 2 heterocycles. The summed E-state index contributed by atoms with van der Waals surface area (Å²) in [6.45, 7) is 1.52. The topological polar surface area (TPSA) is 123 Å².